The molecular formula is C15H17FN2O2. The molecule has 0 bridgehead atoms. The van der Waals surface area contributed by atoms with E-state index in [1.54, 1.807) is 12.1 Å². The lowest BCUT2D eigenvalue weighted by Crippen LogP contribution is -2.34. The third kappa shape index (κ3) is 3.27. The minimum Gasteiger partial charge on any atom is -0.481 e. The number of carbonyl (C=O) groups is 1. The maximum Gasteiger partial charge on any atom is 0.303 e. The van der Waals surface area contributed by atoms with E-state index in [-0.39, 0.29) is 12.0 Å². The van der Waals surface area contributed by atoms with Gasteiger partial charge < -0.3 is 10.0 Å². The van der Waals surface area contributed by atoms with Gasteiger partial charge in [0.05, 0.1) is 5.69 Å². The molecule has 5 heteroatoms. The van der Waals surface area contributed by atoms with Crippen molar-refractivity contribution in [3.8, 4) is 6.07 Å². The van der Waals surface area contributed by atoms with Crippen LogP contribution in [0.1, 0.15) is 31.2 Å². The molecule has 1 heterocycles. The molecule has 0 atom stereocenters. The predicted octanol–water partition coefficient (Wildman–Crippen LogP) is 2.78. The minimum atomic E-state index is -0.760. The fraction of sp³-hybridized carbons (Fsp3) is 0.467. The first kappa shape index (κ1) is 14.3. The van der Waals surface area contributed by atoms with Gasteiger partial charge in [-0.1, -0.05) is 6.07 Å². The van der Waals surface area contributed by atoms with Crippen molar-refractivity contribution < 1.29 is 14.3 Å². The number of nitrogens with zero attached hydrogens (tertiary/aromatic N) is 2. The van der Waals surface area contributed by atoms with Crippen molar-refractivity contribution in [2.45, 2.75) is 25.7 Å². The standard InChI is InChI=1S/C15H17FN2O2/c16-13-2-1-3-14(12(13)10-17)18-8-6-11(7-9-18)4-5-15(19)20/h1-3,11H,4-9H2,(H,19,20). The predicted molar refractivity (Wildman–Crippen MR) is 72.9 cm³/mol. The first-order valence-electron chi connectivity index (χ1n) is 6.77. The number of hydrogen-bond acceptors (Lipinski definition) is 3. The second kappa shape index (κ2) is 6.38. The van der Waals surface area contributed by atoms with Gasteiger partial charge in [0.25, 0.3) is 0 Å². The number of anilines is 1. The second-order valence-corrected chi connectivity index (χ2v) is 5.11. The topological polar surface area (TPSA) is 64.3 Å². The molecule has 0 radical (unpaired) electrons. The van der Waals surface area contributed by atoms with Crippen molar-refractivity contribution in [2.75, 3.05) is 18.0 Å². The molecule has 0 unspecified atom stereocenters. The molecule has 0 spiro atoms. The zero-order valence-electron chi connectivity index (χ0n) is 11.2. The lowest BCUT2D eigenvalue weighted by atomic mass is 9.91. The molecule has 0 amide bonds. The number of carboxylic acid groups (broad SMARTS) is 1. The van der Waals surface area contributed by atoms with Gasteiger partial charge >= 0.3 is 5.97 Å². The van der Waals surface area contributed by atoms with Crippen LogP contribution < -0.4 is 4.90 Å². The molecule has 1 aliphatic rings. The third-order valence-corrected chi connectivity index (χ3v) is 3.83. The van der Waals surface area contributed by atoms with E-state index in [2.05, 4.69) is 0 Å². The van der Waals surface area contributed by atoms with E-state index in [0.717, 1.165) is 25.9 Å². The van der Waals surface area contributed by atoms with Crippen LogP contribution >= 0.6 is 0 Å². The molecule has 0 aromatic heterocycles. The molecule has 1 aromatic rings. The molecule has 1 aromatic carbocycles. The number of benzene rings is 1. The van der Waals surface area contributed by atoms with Crippen LogP contribution in [0.4, 0.5) is 10.1 Å². The highest BCUT2D eigenvalue weighted by Crippen LogP contribution is 2.29. The summed E-state index contributed by atoms with van der Waals surface area (Å²) < 4.78 is 13.6. The highest BCUT2D eigenvalue weighted by molar-refractivity contribution is 5.66. The monoisotopic (exact) mass is 276 g/mol. The summed E-state index contributed by atoms with van der Waals surface area (Å²) in [5.74, 6) is -0.844. The number of piperidine rings is 1. The Kier molecular flexibility index (Phi) is 4.57. The molecule has 20 heavy (non-hydrogen) atoms. The van der Waals surface area contributed by atoms with Gasteiger partial charge in [0.2, 0.25) is 0 Å². The van der Waals surface area contributed by atoms with Crippen molar-refractivity contribution in [2.24, 2.45) is 5.92 Å². The fourth-order valence-electron chi connectivity index (χ4n) is 2.68. The van der Waals surface area contributed by atoms with Crippen LogP contribution in [0.5, 0.6) is 0 Å². The minimum absolute atomic E-state index is 0.0940. The Hall–Kier alpha value is -2.09. The third-order valence-electron chi connectivity index (χ3n) is 3.83. The van der Waals surface area contributed by atoms with E-state index in [1.807, 2.05) is 11.0 Å². The van der Waals surface area contributed by atoms with Crippen molar-refractivity contribution in [3.63, 3.8) is 0 Å². The van der Waals surface area contributed by atoms with E-state index in [0.29, 0.717) is 18.0 Å². The lowest BCUT2D eigenvalue weighted by molar-refractivity contribution is -0.137. The molecule has 1 aliphatic heterocycles. The van der Waals surface area contributed by atoms with Gasteiger partial charge in [-0.05, 0) is 37.3 Å². The van der Waals surface area contributed by atoms with Gasteiger partial charge in [0.15, 0.2) is 0 Å². The normalized spacial score (nSPS) is 15.9. The second-order valence-electron chi connectivity index (χ2n) is 5.11. The zero-order chi connectivity index (χ0) is 14.5. The molecular weight excluding hydrogens is 259 g/mol. The average Bonchev–Trinajstić information content (AvgIpc) is 2.45. The SMILES string of the molecule is N#Cc1c(F)cccc1N1CCC(CCC(=O)O)CC1. The van der Waals surface area contributed by atoms with E-state index in [4.69, 9.17) is 10.4 Å². The Balaban J connectivity index is 1.99. The van der Waals surface area contributed by atoms with Crippen LogP contribution in [-0.2, 0) is 4.79 Å². The molecule has 2 rings (SSSR count). The Morgan fingerprint density at radius 1 is 1.45 bits per heavy atom. The Bertz CT molecular complexity index is 531. The maximum atomic E-state index is 13.6. The Morgan fingerprint density at radius 2 is 2.15 bits per heavy atom. The summed E-state index contributed by atoms with van der Waals surface area (Å²) in [5.41, 5.74) is 0.737. The molecule has 1 fully saturated rings. The number of rotatable bonds is 4. The van der Waals surface area contributed by atoms with E-state index in [1.165, 1.54) is 6.07 Å². The van der Waals surface area contributed by atoms with E-state index >= 15 is 0 Å². The summed E-state index contributed by atoms with van der Waals surface area (Å²) in [6, 6.07) is 6.59. The summed E-state index contributed by atoms with van der Waals surface area (Å²) in [4.78, 5) is 12.6. The number of nitriles is 1. The summed E-state index contributed by atoms with van der Waals surface area (Å²) >= 11 is 0. The van der Waals surface area contributed by atoms with Gasteiger partial charge in [-0.3, -0.25) is 4.79 Å². The van der Waals surface area contributed by atoms with Crippen molar-refractivity contribution >= 4 is 11.7 Å². The molecule has 0 aliphatic carbocycles. The van der Waals surface area contributed by atoms with Crippen molar-refractivity contribution in [1.29, 1.82) is 5.26 Å². The number of carboxylic acids is 1. The lowest BCUT2D eigenvalue weighted by Gasteiger charge is -2.34. The number of halogens is 1. The molecule has 4 nitrogen and oxygen atoms in total. The van der Waals surface area contributed by atoms with Gasteiger partial charge in [-0.25, -0.2) is 4.39 Å². The zero-order valence-corrected chi connectivity index (χ0v) is 11.2. The largest absolute Gasteiger partial charge is 0.481 e. The summed E-state index contributed by atoms with van der Waals surface area (Å²) in [7, 11) is 0. The highest BCUT2D eigenvalue weighted by atomic mass is 19.1. The van der Waals surface area contributed by atoms with Crippen molar-refractivity contribution in [1.82, 2.24) is 0 Å². The van der Waals surface area contributed by atoms with Crippen LogP contribution in [0.15, 0.2) is 18.2 Å². The Morgan fingerprint density at radius 3 is 2.75 bits per heavy atom. The van der Waals surface area contributed by atoms with Crippen LogP contribution in [0.3, 0.4) is 0 Å². The quantitative estimate of drug-likeness (QED) is 0.918. The van der Waals surface area contributed by atoms with Gasteiger partial charge in [-0.15, -0.1) is 0 Å². The number of hydrogen-bond donors (Lipinski definition) is 1. The molecule has 1 N–H and O–H groups in total. The Labute approximate surface area is 117 Å². The maximum absolute atomic E-state index is 13.6. The first-order valence-corrected chi connectivity index (χ1v) is 6.77. The summed E-state index contributed by atoms with van der Waals surface area (Å²) in [5, 5.41) is 17.7. The van der Waals surface area contributed by atoms with Gasteiger partial charge in [-0.2, -0.15) is 5.26 Å². The number of aliphatic carboxylic acids is 1. The van der Waals surface area contributed by atoms with Gasteiger partial charge in [0, 0.05) is 19.5 Å². The van der Waals surface area contributed by atoms with Crippen LogP contribution in [0, 0.1) is 23.1 Å². The molecule has 0 saturated carbocycles. The van der Waals surface area contributed by atoms with Crippen LogP contribution in [-0.4, -0.2) is 24.2 Å². The highest BCUT2D eigenvalue weighted by Gasteiger charge is 2.22. The fourth-order valence-corrected chi connectivity index (χ4v) is 2.68. The first-order chi connectivity index (χ1) is 9.61. The van der Waals surface area contributed by atoms with Gasteiger partial charge in [0.1, 0.15) is 17.4 Å². The van der Waals surface area contributed by atoms with Crippen molar-refractivity contribution in [3.05, 3.63) is 29.6 Å². The van der Waals surface area contributed by atoms with E-state index in [9.17, 15) is 9.18 Å². The summed E-state index contributed by atoms with van der Waals surface area (Å²) in [6.45, 7) is 1.48. The average molecular weight is 276 g/mol. The smallest absolute Gasteiger partial charge is 0.303 e. The van der Waals surface area contributed by atoms with Crippen LogP contribution in [0.25, 0.3) is 0 Å². The molecule has 1 saturated heterocycles. The summed E-state index contributed by atoms with van der Waals surface area (Å²) in [6.07, 6.45) is 2.66. The molecule has 106 valence electrons. The van der Waals surface area contributed by atoms with Crippen LogP contribution in [0.2, 0.25) is 0 Å². The van der Waals surface area contributed by atoms with E-state index < -0.39 is 11.8 Å².